The Labute approximate surface area is 232 Å². The molecule has 0 aliphatic heterocycles. The summed E-state index contributed by atoms with van der Waals surface area (Å²) >= 11 is 0. The summed E-state index contributed by atoms with van der Waals surface area (Å²) in [6, 6.07) is 22.0. The number of hydrogen-bond donors (Lipinski definition) is 1. The SMILES string of the molecule is CC[C@H](C)NC(=O)[C@H](CC)N(Cc1ccccc1C)C(=O)CN(c1ccccc1)S(=O)(=O)c1ccc(C)cc1. The van der Waals surface area contributed by atoms with Gasteiger partial charge in [-0.25, -0.2) is 8.42 Å². The predicted octanol–water partition coefficient (Wildman–Crippen LogP) is 5.22. The zero-order valence-corrected chi connectivity index (χ0v) is 24.2. The molecule has 0 fully saturated rings. The maximum atomic E-state index is 14.1. The van der Waals surface area contributed by atoms with Crippen molar-refractivity contribution in [3.05, 3.63) is 95.6 Å². The lowest BCUT2D eigenvalue weighted by Gasteiger charge is -2.34. The lowest BCUT2D eigenvalue weighted by atomic mass is 10.1. The average molecular weight is 550 g/mol. The van der Waals surface area contributed by atoms with E-state index < -0.39 is 28.5 Å². The second kappa shape index (κ2) is 13.4. The van der Waals surface area contributed by atoms with E-state index in [1.54, 1.807) is 54.6 Å². The van der Waals surface area contributed by atoms with E-state index in [4.69, 9.17) is 0 Å². The van der Waals surface area contributed by atoms with Crippen LogP contribution in [0, 0.1) is 13.8 Å². The number of sulfonamides is 1. The van der Waals surface area contributed by atoms with Crippen LogP contribution in [0.5, 0.6) is 0 Å². The molecular formula is C31H39N3O4S. The highest BCUT2D eigenvalue weighted by Gasteiger charge is 2.34. The molecular weight excluding hydrogens is 510 g/mol. The molecule has 0 aliphatic carbocycles. The molecule has 0 saturated heterocycles. The summed E-state index contributed by atoms with van der Waals surface area (Å²) in [5, 5.41) is 3.00. The smallest absolute Gasteiger partial charge is 0.264 e. The van der Waals surface area contributed by atoms with Crippen molar-refractivity contribution in [2.24, 2.45) is 0 Å². The van der Waals surface area contributed by atoms with Gasteiger partial charge in [-0.1, -0.05) is 74.0 Å². The van der Waals surface area contributed by atoms with Crippen molar-refractivity contribution < 1.29 is 18.0 Å². The van der Waals surface area contributed by atoms with Crippen molar-refractivity contribution in [1.29, 1.82) is 0 Å². The summed E-state index contributed by atoms with van der Waals surface area (Å²) in [7, 11) is -4.07. The van der Waals surface area contributed by atoms with Crippen LogP contribution in [-0.2, 0) is 26.2 Å². The Balaban J connectivity index is 2.04. The minimum absolute atomic E-state index is 0.0512. The van der Waals surface area contributed by atoms with Gasteiger partial charge >= 0.3 is 0 Å². The average Bonchev–Trinajstić information content (AvgIpc) is 2.93. The van der Waals surface area contributed by atoms with Crippen LogP contribution in [0.25, 0.3) is 0 Å². The number of carbonyl (C=O) groups excluding carboxylic acids is 2. The van der Waals surface area contributed by atoms with Crippen molar-refractivity contribution in [2.45, 2.75) is 71.0 Å². The van der Waals surface area contributed by atoms with E-state index >= 15 is 0 Å². The standard InChI is InChI=1S/C31H39N3O4S/c1-6-25(5)32-31(36)29(7-2)33(21-26-14-12-11-13-24(26)4)30(35)22-34(27-15-9-8-10-16-27)39(37,38)28-19-17-23(3)18-20-28/h8-20,25,29H,6-7,21-22H2,1-5H3,(H,32,36)/t25-,29-/m0/s1. The number of aryl methyl sites for hydroxylation is 2. The van der Waals surface area contributed by atoms with Crippen molar-refractivity contribution in [2.75, 3.05) is 10.8 Å². The lowest BCUT2D eigenvalue weighted by Crippen LogP contribution is -2.53. The second-order valence-corrected chi connectivity index (χ2v) is 11.7. The Morgan fingerprint density at radius 3 is 2.05 bits per heavy atom. The Kier molecular flexibility index (Phi) is 10.3. The monoisotopic (exact) mass is 549 g/mol. The highest BCUT2D eigenvalue weighted by molar-refractivity contribution is 7.92. The number of nitrogens with zero attached hydrogens (tertiary/aromatic N) is 2. The number of carbonyl (C=O) groups is 2. The summed E-state index contributed by atoms with van der Waals surface area (Å²) < 4.78 is 28.8. The first-order valence-corrected chi connectivity index (χ1v) is 14.8. The van der Waals surface area contributed by atoms with Crippen LogP contribution in [0.3, 0.4) is 0 Å². The Morgan fingerprint density at radius 1 is 0.846 bits per heavy atom. The lowest BCUT2D eigenvalue weighted by molar-refractivity contribution is -0.140. The van der Waals surface area contributed by atoms with Crippen molar-refractivity contribution in [3.63, 3.8) is 0 Å². The van der Waals surface area contributed by atoms with Crippen LogP contribution < -0.4 is 9.62 Å². The molecule has 0 bridgehead atoms. The van der Waals surface area contributed by atoms with Gasteiger partial charge in [0, 0.05) is 12.6 Å². The molecule has 0 saturated carbocycles. The molecule has 3 aromatic rings. The number of anilines is 1. The zero-order valence-electron chi connectivity index (χ0n) is 23.4. The van der Waals surface area contributed by atoms with Gasteiger partial charge in [0.1, 0.15) is 12.6 Å². The van der Waals surface area contributed by atoms with Gasteiger partial charge in [0.25, 0.3) is 10.0 Å². The van der Waals surface area contributed by atoms with E-state index in [1.807, 2.05) is 58.9 Å². The number of rotatable bonds is 12. The van der Waals surface area contributed by atoms with Crippen LogP contribution >= 0.6 is 0 Å². The normalized spacial score (nSPS) is 12.8. The van der Waals surface area contributed by atoms with Gasteiger partial charge < -0.3 is 10.2 Å². The van der Waals surface area contributed by atoms with Gasteiger partial charge in [-0.05, 0) is 69.0 Å². The fraction of sp³-hybridized carbons (Fsp3) is 0.355. The van der Waals surface area contributed by atoms with E-state index in [1.165, 1.54) is 4.90 Å². The summed E-state index contributed by atoms with van der Waals surface area (Å²) in [5.41, 5.74) is 3.19. The van der Waals surface area contributed by atoms with E-state index in [9.17, 15) is 18.0 Å². The summed E-state index contributed by atoms with van der Waals surface area (Å²) in [4.78, 5) is 29.0. The van der Waals surface area contributed by atoms with Gasteiger partial charge in [-0.3, -0.25) is 13.9 Å². The number of benzene rings is 3. The molecule has 0 aliphatic rings. The second-order valence-electron chi connectivity index (χ2n) is 9.85. The molecule has 0 unspecified atom stereocenters. The molecule has 2 amide bonds. The van der Waals surface area contributed by atoms with Crippen molar-refractivity contribution in [1.82, 2.24) is 10.2 Å². The molecule has 208 valence electrons. The van der Waals surface area contributed by atoms with Crippen LogP contribution in [-0.4, -0.2) is 43.8 Å². The third kappa shape index (κ3) is 7.47. The minimum atomic E-state index is -4.07. The summed E-state index contributed by atoms with van der Waals surface area (Å²) in [6.07, 6.45) is 1.14. The molecule has 0 radical (unpaired) electrons. The van der Waals surface area contributed by atoms with Gasteiger partial charge in [0.15, 0.2) is 0 Å². The van der Waals surface area contributed by atoms with Crippen molar-refractivity contribution >= 4 is 27.5 Å². The minimum Gasteiger partial charge on any atom is -0.352 e. The zero-order chi connectivity index (χ0) is 28.6. The van der Waals surface area contributed by atoms with E-state index in [0.717, 1.165) is 27.4 Å². The first-order valence-electron chi connectivity index (χ1n) is 13.4. The molecule has 1 N–H and O–H groups in total. The molecule has 0 aromatic heterocycles. The predicted molar refractivity (Wildman–Crippen MR) is 156 cm³/mol. The fourth-order valence-corrected chi connectivity index (χ4v) is 5.71. The summed E-state index contributed by atoms with van der Waals surface area (Å²) in [5.74, 6) is -0.703. The molecule has 39 heavy (non-hydrogen) atoms. The highest BCUT2D eigenvalue weighted by Crippen LogP contribution is 2.25. The van der Waals surface area contributed by atoms with Gasteiger partial charge in [-0.2, -0.15) is 0 Å². The molecule has 2 atom stereocenters. The Bertz CT molecular complexity index is 1360. The van der Waals surface area contributed by atoms with E-state index in [2.05, 4.69) is 5.32 Å². The van der Waals surface area contributed by atoms with Crippen molar-refractivity contribution in [3.8, 4) is 0 Å². The molecule has 3 rings (SSSR count). The first kappa shape index (κ1) is 29.9. The van der Waals surface area contributed by atoms with Crippen LogP contribution in [0.15, 0.2) is 83.8 Å². The molecule has 0 spiro atoms. The van der Waals surface area contributed by atoms with Crippen LogP contribution in [0.4, 0.5) is 5.69 Å². The van der Waals surface area contributed by atoms with Gasteiger partial charge in [0.2, 0.25) is 11.8 Å². The summed E-state index contributed by atoms with van der Waals surface area (Å²) in [6.45, 7) is 9.34. The Hall–Kier alpha value is -3.65. The first-order chi connectivity index (χ1) is 18.6. The molecule has 8 heteroatoms. The number of amides is 2. The highest BCUT2D eigenvalue weighted by atomic mass is 32.2. The maximum absolute atomic E-state index is 14.1. The number of nitrogens with one attached hydrogen (secondary N) is 1. The third-order valence-corrected chi connectivity index (χ3v) is 8.71. The fourth-order valence-electron chi connectivity index (χ4n) is 4.29. The van der Waals surface area contributed by atoms with E-state index in [-0.39, 0.29) is 23.4 Å². The van der Waals surface area contributed by atoms with E-state index in [0.29, 0.717) is 12.1 Å². The van der Waals surface area contributed by atoms with Gasteiger partial charge in [-0.15, -0.1) is 0 Å². The topological polar surface area (TPSA) is 86.8 Å². The maximum Gasteiger partial charge on any atom is 0.264 e. The third-order valence-electron chi connectivity index (χ3n) is 6.92. The van der Waals surface area contributed by atoms with Crippen LogP contribution in [0.1, 0.15) is 50.3 Å². The Morgan fingerprint density at radius 2 is 1.46 bits per heavy atom. The van der Waals surface area contributed by atoms with Gasteiger partial charge in [0.05, 0.1) is 10.6 Å². The quantitative estimate of drug-likeness (QED) is 0.336. The largest absolute Gasteiger partial charge is 0.352 e. The number of hydrogen-bond acceptors (Lipinski definition) is 4. The van der Waals surface area contributed by atoms with Crippen LogP contribution in [0.2, 0.25) is 0 Å². The molecule has 0 heterocycles. The molecule has 7 nitrogen and oxygen atoms in total. The molecule has 3 aromatic carbocycles. The number of para-hydroxylation sites is 1.